The van der Waals surface area contributed by atoms with E-state index in [-0.39, 0.29) is 5.56 Å². The summed E-state index contributed by atoms with van der Waals surface area (Å²) in [6.07, 6.45) is 5.36. The average Bonchev–Trinajstić information content (AvgIpc) is 2.49. The second-order valence-electron chi connectivity index (χ2n) is 4.92. The molecule has 0 aliphatic carbocycles. The first kappa shape index (κ1) is 15.5. The highest BCUT2D eigenvalue weighted by Crippen LogP contribution is 2.17. The van der Waals surface area contributed by atoms with Crippen molar-refractivity contribution in [1.29, 1.82) is 0 Å². The lowest BCUT2D eigenvalue weighted by atomic mass is 10.1. The zero-order chi connectivity index (χ0) is 14.4. The Morgan fingerprint density at radius 1 is 1.60 bits per heavy atom. The van der Waals surface area contributed by atoms with Crippen LogP contribution in [0.15, 0.2) is 15.5 Å². The van der Waals surface area contributed by atoms with Crippen LogP contribution in [0.3, 0.4) is 0 Å². The fourth-order valence-electron chi connectivity index (χ4n) is 2.26. The van der Waals surface area contributed by atoms with Crippen LogP contribution < -0.4 is 16.2 Å². The third-order valence-electron chi connectivity index (χ3n) is 3.44. The van der Waals surface area contributed by atoms with Gasteiger partial charge in [-0.3, -0.25) is 4.79 Å². The summed E-state index contributed by atoms with van der Waals surface area (Å²) in [7, 11) is 1.60. The fraction of sp³-hybridized carbons (Fsp3) is 0.692. The molecule has 0 aromatic carbocycles. The zero-order valence-corrected chi connectivity index (χ0v) is 13.3. The number of hydrogen-bond donors (Lipinski definition) is 2. The predicted octanol–water partition coefficient (Wildman–Crippen LogP) is 1.21. The number of piperidine rings is 1. The molecular formula is C13H21BrN4O2. The third kappa shape index (κ3) is 4.04. The molecule has 1 atom stereocenters. The summed E-state index contributed by atoms with van der Waals surface area (Å²) in [6, 6.07) is 0.464. The molecule has 1 unspecified atom stereocenters. The molecule has 1 aromatic heterocycles. The van der Waals surface area contributed by atoms with Gasteiger partial charge in [0, 0.05) is 19.7 Å². The van der Waals surface area contributed by atoms with Crippen molar-refractivity contribution in [2.45, 2.75) is 31.8 Å². The number of aromatic nitrogens is 2. The molecule has 1 aliphatic rings. The summed E-state index contributed by atoms with van der Waals surface area (Å²) in [5.41, 5.74) is 0.611. The highest BCUT2D eigenvalue weighted by molar-refractivity contribution is 9.10. The van der Waals surface area contributed by atoms with E-state index in [9.17, 15) is 4.79 Å². The maximum atomic E-state index is 12.1. The predicted molar refractivity (Wildman–Crippen MR) is 82.2 cm³/mol. The lowest BCUT2D eigenvalue weighted by molar-refractivity contribution is 0.181. The van der Waals surface area contributed by atoms with Gasteiger partial charge in [0.25, 0.3) is 5.56 Å². The lowest BCUT2D eigenvalue weighted by Gasteiger charge is -2.24. The SMILES string of the molecule is COCCn1ncc(NCC2CCCCN2)c(Br)c1=O. The molecule has 0 radical (unpaired) electrons. The molecule has 6 nitrogen and oxygen atoms in total. The highest BCUT2D eigenvalue weighted by atomic mass is 79.9. The minimum Gasteiger partial charge on any atom is -0.383 e. The van der Waals surface area contributed by atoms with Gasteiger partial charge < -0.3 is 15.4 Å². The molecule has 0 bridgehead atoms. The number of ether oxygens (including phenoxy) is 1. The van der Waals surface area contributed by atoms with E-state index in [0.29, 0.717) is 23.7 Å². The van der Waals surface area contributed by atoms with E-state index in [0.717, 1.165) is 18.8 Å². The summed E-state index contributed by atoms with van der Waals surface area (Å²) in [6.45, 7) is 2.81. The topological polar surface area (TPSA) is 68.2 Å². The van der Waals surface area contributed by atoms with E-state index in [2.05, 4.69) is 31.7 Å². The number of rotatable bonds is 6. The number of hydrogen-bond acceptors (Lipinski definition) is 5. The van der Waals surface area contributed by atoms with Crippen molar-refractivity contribution >= 4 is 21.6 Å². The smallest absolute Gasteiger partial charge is 0.283 e. The van der Waals surface area contributed by atoms with Crippen LogP contribution in [0.25, 0.3) is 0 Å². The van der Waals surface area contributed by atoms with Gasteiger partial charge in [-0.2, -0.15) is 5.10 Å². The van der Waals surface area contributed by atoms with Crippen molar-refractivity contribution in [2.24, 2.45) is 0 Å². The van der Waals surface area contributed by atoms with Gasteiger partial charge in [-0.15, -0.1) is 0 Å². The molecular weight excluding hydrogens is 324 g/mol. The zero-order valence-electron chi connectivity index (χ0n) is 11.7. The number of nitrogens with zero attached hydrogens (tertiary/aromatic N) is 2. The van der Waals surface area contributed by atoms with Crippen LogP contribution in [-0.4, -0.2) is 42.6 Å². The van der Waals surface area contributed by atoms with Gasteiger partial charge in [0.15, 0.2) is 0 Å². The van der Waals surface area contributed by atoms with Gasteiger partial charge in [0.05, 0.1) is 25.0 Å². The average molecular weight is 345 g/mol. The first-order valence-electron chi connectivity index (χ1n) is 6.94. The van der Waals surface area contributed by atoms with E-state index in [1.54, 1.807) is 13.3 Å². The van der Waals surface area contributed by atoms with Gasteiger partial charge in [0.2, 0.25) is 0 Å². The number of halogens is 1. The molecule has 0 amide bonds. The Kier molecular flexibility index (Phi) is 6.00. The van der Waals surface area contributed by atoms with E-state index in [1.807, 2.05) is 0 Å². The molecule has 2 N–H and O–H groups in total. The Bertz CT molecular complexity index is 486. The minimum atomic E-state index is -0.136. The molecule has 1 saturated heterocycles. The van der Waals surface area contributed by atoms with Crippen LogP contribution in [0.5, 0.6) is 0 Å². The molecule has 2 heterocycles. The van der Waals surface area contributed by atoms with Crippen molar-refractivity contribution in [3.05, 3.63) is 21.0 Å². The van der Waals surface area contributed by atoms with Gasteiger partial charge in [-0.25, -0.2) is 4.68 Å². The van der Waals surface area contributed by atoms with Crippen molar-refractivity contribution < 1.29 is 4.74 Å². The number of methoxy groups -OCH3 is 1. The molecule has 1 aromatic rings. The molecule has 1 aliphatic heterocycles. The Morgan fingerprint density at radius 3 is 3.15 bits per heavy atom. The minimum absolute atomic E-state index is 0.136. The van der Waals surface area contributed by atoms with Gasteiger partial charge in [-0.1, -0.05) is 6.42 Å². The summed E-state index contributed by atoms with van der Waals surface area (Å²) in [5.74, 6) is 0. The van der Waals surface area contributed by atoms with Crippen molar-refractivity contribution in [3.8, 4) is 0 Å². The monoisotopic (exact) mass is 344 g/mol. The standard InChI is InChI=1S/C13H21BrN4O2/c1-20-7-6-18-13(19)12(14)11(9-17-18)16-8-10-4-2-3-5-15-10/h9-10,15-16H,2-8H2,1H3. The van der Waals surface area contributed by atoms with Crippen molar-refractivity contribution in [1.82, 2.24) is 15.1 Å². The molecule has 0 spiro atoms. The first-order chi connectivity index (χ1) is 9.72. The summed E-state index contributed by atoms with van der Waals surface area (Å²) < 4.78 is 6.89. The van der Waals surface area contributed by atoms with Crippen LogP contribution in [0.4, 0.5) is 5.69 Å². The molecule has 2 rings (SSSR count). The lowest BCUT2D eigenvalue weighted by Crippen LogP contribution is -2.39. The van der Waals surface area contributed by atoms with Crippen molar-refractivity contribution in [3.63, 3.8) is 0 Å². The van der Waals surface area contributed by atoms with Gasteiger partial charge >= 0.3 is 0 Å². The van der Waals surface area contributed by atoms with Gasteiger partial charge in [-0.05, 0) is 35.3 Å². The second kappa shape index (κ2) is 7.75. The Balaban J connectivity index is 1.97. The third-order valence-corrected chi connectivity index (χ3v) is 4.21. The molecule has 1 fully saturated rings. The fourth-order valence-corrected chi connectivity index (χ4v) is 2.70. The normalized spacial score (nSPS) is 19.0. The largest absolute Gasteiger partial charge is 0.383 e. The first-order valence-corrected chi connectivity index (χ1v) is 7.73. The van der Waals surface area contributed by atoms with Crippen LogP contribution in [0, 0.1) is 0 Å². The van der Waals surface area contributed by atoms with E-state index in [1.165, 1.54) is 23.9 Å². The molecule has 7 heteroatoms. The maximum absolute atomic E-state index is 12.1. The van der Waals surface area contributed by atoms with Crippen LogP contribution in [0.1, 0.15) is 19.3 Å². The number of anilines is 1. The molecule has 112 valence electrons. The Morgan fingerprint density at radius 2 is 2.45 bits per heavy atom. The summed E-state index contributed by atoms with van der Waals surface area (Å²) in [4.78, 5) is 12.1. The summed E-state index contributed by atoms with van der Waals surface area (Å²) in [5, 5.41) is 10.9. The van der Waals surface area contributed by atoms with E-state index < -0.39 is 0 Å². The van der Waals surface area contributed by atoms with Crippen LogP contribution in [-0.2, 0) is 11.3 Å². The Labute approximate surface area is 127 Å². The molecule has 0 saturated carbocycles. The highest BCUT2D eigenvalue weighted by Gasteiger charge is 2.14. The van der Waals surface area contributed by atoms with E-state index >= 15 is 0 Å². The quantitative estimate of drug-likeness (QED) is 0.811. The maximum Gasteiger partial charge on any atom is 0.283 e. The van der Waals surface area contributed by atoms with Gasteiger partial charge in [0.1, 0.15) is 4.47 Å². The van der Waals surface area contributed by atoms with Crippen molar-refractivity contribution in [2.75, 3.05) is 32.1 Å². The van der Waals surface area contributed by atoms with E-state index in [4.69, 9.17) is 4.74 Å². The number of nitrogens with one attached hydrogen (secondary N) is 2. The second-order valence-corrected chi connectivity index (χ2v) is 5.71. The van der Waals surface area contributed by atoms with Crippen LogP contribution in [0.2, 0.25) is 0 Å². The summed E-state index contributed by atoms with van der Waals surface area (Å²) >= 11 is 3.35. The van der Waals surface area contributed by atoms with Crippen LogP contribution >= 0.6 is 15.9 Å². The molecule has 20 heavy (non-hydrogen) atoms. The Hall–Kier alpha value is -0.920.